The van der Waals surface area contributed by atoms with E-state index in [2.05, 4.69) is 0 Å². The van der Waals surface area contributed by atoms with Gasteiger partial charge < -0.3 is 19.0 Å². The highest BCUT2D eigenvalue weighted by Crippen LogP contribution is 2.00. The van der Waals surface area contributed by atoms with Gasteiger partial charge in [-0.2, -0.15) is 0 Å². The topological polar surface area (TPSA) is 78.9 Å². The third kappa shape index (κ3) is 11.1. The first-order valence-corrected chi connectivity index (χ1v) is 5.79. The summed E-state index contributed by atoms with van der Waals surface area (Å²) in [5.41, 5.74) is 0. The zero-order valence-corrected chi connectivity index (χ0v) is 11.1. The van der Waals surface area contributed by atoms with Crippen LogP contribution in [0, 0.1) is 0 Å². The smallest absolute Gasteiger partial charge is 0.302 e. The van der Waals surface area contributed by atoms with E-state index in [1.165, 1.54) is 20.8 Å². The molecule has 6 heteroatoms. The van der Waals surface area contributed by atoms with E-state index in [0.29, 0.717) is 19.4 Å². The number of hydrogen-bond acceptors (Lipinski definition) is 6. The summed E-state index contributed by atoms with van der Waals surface area (Å²) < 4.78 is 15.0. The molecule has 0 heterocycles. The van der Waals surface area contributed by atoms with Gasteiger partial charge in [-0.15, -0.1) is 0 Å². The standard InChI is InChI=1S/C12H20O6/c1-9(13)5-4-6-16-12(7-17-10(2)14)8-18-11(3)15/h12H,4-8H2,1-3H3. The first kappa shape index (κ1) is 16.6. The second kappa shape index (κ2) is 9.58. The Hall–Kier alpha value is -1.43. The lowest BCUT2D eigenvalue weighted by molar-refractivity contribution is -0.152. The van der Waals surface area contributed by atoms with Crippen LogP contribution in [0.3, 0.4) is 0 Å². The van der Waals surface area contributed by atoms with Gasteiger partial charge >= 0.3 is 11.9 Å². The average molecular weight is 260 g/mol. The van der Waals surface area contributed by atoms with Crippen LogP contribution < -0.4 is 0 Å². The molecule has 0 aromatic heterocycles. The molecule has 0 unspecified atom stereocenters. The molecule has 0 rings (SSSR count). The molecule has 0 radical (unpaired) electrons. The highest BCUT2D eigenvalue weighted by Gasteiger charge is 2.13. The van der Waals surface area contributed by atoms with Crippen molar-refractivity contribution >= 4 is 17.7 Å². The minimum Gasteiger partial charge on any atom is -0.463 e. The summed E-state index contributed by atoms with van der Waals surface area (Å²) in [7, 11) is 0. The van der Waals surface area contributed by atoms with Crippen LogP contribution in [-0.2, 0) is 28.6 Å². The normalized spacial score (nSPS) is 10.2. The Bertz CT molecular complexity index is 268. The Labute approximate surface area is 107 Å². The van der Waals surface area contributed by atoms with Crippen LogP contribution in [-0.4, -0.2) is 43.6 Å². The molecule has 0 fully saturated rings. The van der Waals surface area contributed by atoms with E-state index in [-0.39, 0.29) is 19.0 Å². The van der Waals surface area contributed by atoms with Gasteiger partial charge in [0.25, 0.3) is 0 Å². The molecule has 0 spiro atoms. The molecule has 0 N–H and O–H groups in total. The summed E-state index contributed by atoms with van der Waals surface area (Å²) in [6.07, 6.45) is 0.532. The second-order valence-corrected chi connectivity index (χ2v) is 3.90. The minimum atomic E-state index is -0.496. The maximum atomic E-state index is 10.7. The molecule has 0 bridgehead atoms. The molecular weight excluding hydrogens is 240 g/mol. The van der Waals surface area contributed by atoms with Crippen molar-refractivity contribution in [2.75, 3.05) is 19.8 Å². The van der Waals surface area contributed by atoms with Crippen LogP contribution in [0.5, 0.6) is 0 Å². The van der Waals surface area contributed by atoms with Crippen LogP contribution in [0.4, 0.5) is 0 Å². The number of ketones is 1. The average Bonchev–Trinajstić information content (AvgIpc) is 2.25. The van der Waals surface area contributed by atoms with E-state index in [9.17, 15) is 14.4 Å². The van der Waals surface area contributed by atoms with Crippen molar-refractivity contribution in [3.8, 4) is 0 Å². The summed E-state index contributed by atoms with van der Waals surface area (Å²) in [5.74, 6) is -0.750. The fraction of sp³-hybridized carbons (Fsp3) is 0.750. The van der Waals surface area contributed by atoms with Gasteiger partial charge in [0.1, 0.15) is 25.1 Å². The van der Waals surface area contributed by atoms with E-state index < -0.39 is 18.0 Å². The fourth-order valence-corrected chi connectivity index (χ4v) is 1.14. The molecule has 0 aliphatic heterocycles. The predicted molar refractivity (Wildman–Crippen MR) is 62.9 cm³/mol. The Balaban J connectivity index is 3.91. The molecular formula is C12H20O6. The van der Waals surface area contributed by atoms with E-state index in [4.69, 9.17) is 14.2 Å². The van der Waals surface area contributed by atoms with Crippen molar-refractivity contribution in [2.45, 2.75) is 39.7 Å². The van der Waals surface area contributed by atoms with Gasteiger partial charge in [-0.3, -0.25) is 9.59 Å². The number of carbonyl (C=O) groups is 3. The quantitative estimate of drug-likeness (QED) is 0.452. The Morgan fingerprint density at radius 2 is 1.44 bits per heavy atom. The van der Waals surface area contributed by atoms with Crippen molar-refractivity contribution in [1.82, 2.24) is 0 Å². The van der Waals surface area contributed by atoms with Crippen LogP contribution in [0.2, 0.25) is 0 Å². The molecule has 0 aromatic rings. The van der Waals surface area contributed by atoms with E-state index in [1.807, 2.05) is 0 Å². The molecule has 0 amide bonds. The molecule has 0 aliphatic carbocycles. The molecule has 0 atom stereocenters. The number of esters is 2. The lowest BCUT2D eigenvalue weighted by Crippen LogP contribution is -2.28. The van der Waals surface area contributed by atoms with Gasteiger partial charge in [-0.05, 0) is 13.3 Å². The lowest BCUT2D eigenvalue weighted by Gasteiger charge is -2.17. The third-order valence-corrected chi connectivity index (χ3v) is 1.97. The molecule has 0 aliphatic rings. The molecule has 18 heavy (non-hydrogen) atoms. The Kier molecular flexibility index (Phi) is 8.82. The van der Waals surface area contributed by atoms with Crippen molar-refractivity contribution < 1.29 is 28.6 Å². The van der Waals surface area contributed by atoms with E-state index in [0.717, 1.165) is 0 Å². The molecule has 0 aromatic carbocycles. The minimum absolute atomic E-state index is 0.0304. The summed E-state index contributed by atoms with van der Waals surface area (Å²) in [4.78, 5) is 32.1. The number of carbonyl (C=O) groups excluding carboxylic acids is 3. The number of rotatable bonds is 9. The highest BCUT2D eigenvalue weighted by molar-refractivity contribution is 5.75. The van der Waals surface area contributed by atoms with Gasteiger partial charge in [0.05, 0.1) is 0 Å². The third-order valence-electron chi connectivity index (χ3n) is 1.97. The molecule has 0 saturated carbocycles. The molecule has 6 nitrogen and oxygen atoms in total. The Morgan fingerprint density at radius 1 is 0.944 bits per heavy atom. The van der Waals surface area contributed by atoms with Crippen LogP contribution >= 0.6 is 0 Å². The number of hydrogen-bond donors (Lipinski definition) is 0. The first-order valence-electron chi connectivity index (χ1n) is 5.79. The van der Waals surface area contributed by atoms with Gasteiger partial charge in [0.15, 0.2) is 0 Å². The molecule has 104 valence electrons. The van der Waals surface area contributed by atoms with Gasteiger partial charge in [0, 0.05) is 26.9 Å². The SMILES string of the molecule is CC(=O)CCCOC(COC(C)=O)COC(C)=O. The van der Waals surface area contributed by atoms with Crippen molar-refractivity contribution in [3.05, 3.63) is 0 Å². The maximum Gasteiger partial charge on any atom is 0.302 e. The van der Waals surface area contributed by atoms with Crippen molar-refractivity contribution in [1.29, 1.82) is 0 Å². The van der Waals surface area contributed by atoms with Crippen LogP contribution in [0.1, 0.15) is 33.6 Å². The molecule has 0 saturated heterocycles. The summed E-state index contributed by atoms with van der Waals surface area (Å²) in [5, 5.41) is 0. The highest BCUT2D eigenvalue weighted by atomic mass is 16.6. The zero-order chi connectivity index (χ0) is 14.0. The van der Waals surface area contributed by atoms with E-state index >= 15 is 0 Å². The fourth-order valence-electron chi connectivity index (χ4n) is 1.14. The van der Waals surface area contributed by atoms with Crippen molar-refractivity contribution in [3.63, 3.8) is 0 Å². The predicted octanol–water partition coefficient (Wildman–Crippen LogP) is 0.867. The zero-order valence-electron chi connectivity index (χ0n) is 11.1. The summed E-state index contributed by atoms with van der Waals surface area (Å²) >= 11 is 0. The van der Waals surface area contributed by atoms with E-state index in [1.54, 1.807) is 0 Å². The largest absolute Gasteiger partial charge is 0.463 e. The van der Waals surface area contributed by atoms with Crippen molar-refractivity contribution in [2.24, 2.45) is 0 Å². The van der Waals surface area contributed by atoms with Gasteiger partial charge in [0.2, 0.25) is 0 Å². The Morgan fingerprint density at radius 3 is 1.83 bits per heavy atom. The summed E-state index contributed by atoms with van der Waals surface area (Å²) in [6, 6.07) is 0. The van der Waals surface area contributed by atoms with Gasteiger partial charge in [-0.25, -0.2) is 0 Å². The maximum absolute atomic E-state index is 10.7. The summed E-state index contributed by atoms with van der Waals surface area (Å²) in [6.45, 7) is 4.50. The second-order valence-electron chi connectivity index (χ2n) is 3.90. The monoisotopic (exact) mass is 260 g/mol. The number of Topliss-reactive ketones (excluding diaryl/α,β-unsaturated/α-hetero) is 1. The number of ether oxygens (including phenoxy) is 3. The van der Waals surface area contributed by atoms with Gasteiger partial charge in [-0.1, -0.05) is 0 Å². The lowest BCUT2D eigenvalue weighted by atomic mass is 10.2. The van der Waals surface area contributed by atoms with Crippen LogP contribution in [0.15, 0.2) is 0 Å². The van der Waals surface area contributed by atoms with Crippen LogP contribution in [0.25, 0.3) is 0 Å². The first-order chi connectivity index (χ1) is 8.41.